The molecule has 0 saturated carbocycles. The summed E-state index contributed by atoms with van der Waals surface area (Å²) in [4.78, 5) is 25.2. The van der Waals surface area contributed by atoms with Crippen LogP contribution in [-0.2, 0) is 11.2 Å². The fourth-order valence-corrected chi connectivity index (χ4v) is 3.71. The minimum absolute atomic E-state index is 0.0500. The molecule has 0 aromatic heterocycles. The molecule has 2 atom stereocenters. The van der Waals surface area contributed by atoms with Crippen LogP contribution in [0, 0.1) is 0 Å². The summed E-state index contributed by atoms with van der Waals surface area (Å²) in [5.74, 6) is 0.676. The topological polar surface area (TPSA) is 69.6 Å². The second-order valence-electron chi connectivity index (χ2n) is 5.37. The molecule has 0 spiro atoms. The number of aliphatic hydroxyl groups excluding tert-OH is 1. The summed E-state index contributed by atoms with van der Waals surface area (Å²) in [6.45, 7) is 1.16. The molecular weight excluding hydrogens is 288 g/mol. The molecule has 1 aliphatic heterocycles. The first kappa shape index (κ1) is 14.4. The van der Waals surface area contributed by atoms with Gasteiger partial charge in [-0.25, -0.2) is 0 Å². The average molecular weight is 306 g/mol. The van der Waals surface area contributed by atoms with E-state index in [1.54, 1.807) is 4.90 Å². The van der Waals surface area contributed by atoms with Crippen LogP contribution in [0.3, 0.4) is 0 Å². The van der Waals surface area contributed by atoms with Gasteiger partial charge in [0.2, 0.25) is 5.91 Å². The number of amides is 2. The predicted octanol–water partition coefficient (Wildman–Crippen LogP) is 1.32. The van der Waals surface area contributed by atoms with Crippen LogP contribution in [0.5, 0.6) is 0 Å². The molecule has 2 N–H and O–H groups in total. The van der Waals surface area contributed by atoms with Crippen molar-refractivity contribution in [1.29, 1.82) is 0 Å². The summed E-state index contributed by atoms with van der Waals surface area (Å²) < 4.78 is 0. The predicted molar refractivity (Wildman–Crippen MR) is 81.1 cm³/mol. The van der Waals surface area contributed by atoms with Crippen LogP contribution in [0.4, 0.5) is 4.79 Å². The Morgan fingerprint density at radius 3 is 3.00 bits per heavy atom. The first-order valence-corrected chi connectivity index (χ1v) is 8.10. The van der Waals surface area contributed by atoms with Crippen molar-refractivity contribution in [3.63, 3.8) is 0 Å². The van der Waals surface area contributed by atoms with Crippen LogP contribution in [0.15, 0.2) is 24.3 Å². The summed E-state index contributed by atoms with van der Waals surface area (Å²) in [5.41, 5.74) is 2.08. The van der Waals surface area contributed by atoms with Crippen molar-refractivity contribution in [3.8, 4) is 0 Å². The van der Waals surface area contributed by atoms with Gasteiger partial charge in [0.05, 0.1) is 12.1 Å². The molecular formula is C15H18N2O3S. The molecule has 2 unspecified atom stereocenters. The Balaban J connectivity index is 1.56. The molecule has 6 heteroatoms. The fraction of sp³-hybridized carbons (Fsp3) is 0.467. The molecule has 2 amide bonds. The molecule has 1 aliphatic carbocycles. The van der Waals surface area contributed by atoms with Gasteiger partial charge >= 0.3 is 0 Å². The Hall–Kier alpha value is -1.53. The van der Waals surface area contributed by atoms with Gasteiger partial charge in [-0.2, -0.15) is 0 Å². The van der Waals surface area contributed by atoms with E-state index in [1.807, 2.05) is 24.3 Å². The summed E-state index contributed by atoms with van der Waals surface area (Å²) in [6, 6.07) is 7.43. The summed E-state index contributed by atoms with van der Waals surface area (Å²) in [6.07, 6.45) is 0.274. The van der Waals surface area contributed by atoms with Crippen molar-refractivity contribution in [3.05, 3.63) is 35.4 Å². The van der Waals surface area contributed by atoms with E-state index in [2.05, 4.69) is 5.32 Å². The number of nitrogens with zero attached hydrogens (tertiary/aromatic N) is 1. The van der Waals surface area contributed by atoms with Gasteiger partial charge in [0.1, 0.15) is 0 Å². The Morgan fingerprint density at radius 1 is 1.43 bits per heavy atom. The lowest BCUT2D eigenvalue weighted by Gasteiger charge is -2.19. The van der Waals surface area contributed by atoms with E-state index in [0.29, 0.717) is 19.5 Å². The molecule has 1 fully saturated rings. The molecule has 5 nitrogen and oxygen atoms in total. The number of benzene rings is 1. The van der Waals surface area contributed by atoms with Crippen LogP contribution in [0.1, 0.15) is 23.6 Å². The lowest BCUT2D eigenvalue weighted by atomic mass is 10.1. The third-order valence-corrected chi connectivity index (χ3v) is 4.87. The van der Waals surface area contributed by atoms with E-state index in [4.69, 9.17) is 0 Å². The van der Waals surface area contributed by atoms with Gasteiger partial charge in [0.15, 0.2) is 0 Å². The minimum atomic E-state index is -0.574. The summed E-state index contributed by atoms with van der Waals surface area (Å²) in [7, 11) is 0. The van der Waals surface area contributed by atoms with Gasteiger partial charge in [0, 0.05) is 31.7 Å². The van der Waals surface area contributed by atoms with E-state index >= 15 is 0 Å². The highest BCUT2D eigenvalue weighted by molar-refractivity contribution is 8.13. The molecule has 0 radical (unpaired) electrons. The van der Waals surface area contributed by atoms with Crippen LogP contribution in [-0.4, -0.2) is 46.1 Å². The van der Waals surface area contributed by atoms with Gasteiger partial charge in [-0.3, -0.25) is 9.59 Å². The highest BCUT2D eigenvalue weighted by atomic mass is 32.2. The maximum atomic E-state index is 12.1. The summed E-state index contributed by atoms with van der Waals surface area (Å²) in [5, 5.41) is 13.0. The maximum absolute atomic E-state index is 12.1. The number of hydrogen-bond donors (Lipinski definition) is 2. The van der Waals surface area contributed by atoms with Crippen LogP contribution < -0.4 is 5.32 Å². The van der Waals surface area contributed by atoms with Crippen molar-refractivity contribution >= 4 is 22.9 Å². The zero-order valence-electron chi connectivity index (χ0n) is 11.6. The van der Waals surface area contributed by atoms with E-state index in [-0.39, 0.29) is 23.6 Å². The SMILES string of the molecule is O=C(CCN1CCSC1=O)NC1c2ccccc2CC1O. The zero-order chi connectivity index (χ0) is 14.8. The van der Waals surface area contributed by atoms with E-state index in [9.17, 15) is 14.7 Å². The fourth-order valence-electron chi connectivity index (χ4n) is 2.86. The standard InChI is InChI=1S/C15H18N2O3S/c18-12-9-10-3-1-2-4-11(10)14(12)16-13(19)5-6-17-7-8-21-15(17)20/h1-4,12,14,18H,5-9H2,(H,16,19). The highest BCUT2D eigenvalue weighted by Crippen LogP contribution is 2.31. The van der Waals surface area contributed by atoms with Gasteiger partial charge in [-0.1, -0.05) is 36.0 Å². The number of hydrogen-bond acceptors (Lipinski definition) is 4. The van der Waals surface area contributed by atoms with Crippen molar-refractivity contribution in [2.24, 2.45) is 0 Å². The number of thioether (sulfide) groups is 1. The largest absolute Gasteiger partial charge is 0.390 e. The van der Waals surface area contributed by atoms with Crippen molar-refractivity contribution in [1.82, 2.24) is 10.2 Å². The second kappa shape index (κ2) is 6.07. The van der Waals surface area contributed by atoms with Crippen molar-refractivity contribution in [2.75, 3.05) is 18.8 Å². The van der Waals surface area contributed by atoms with E-state index < -0.39 is 6.10 Å². The Bertz CT molecular complexity index is 564. The van der Waals surface area contributed by atoms with Crippen LogP contribution >= 0.6 is 11.8 Å². The highest BCUT2D eigenvalue weighted by Gasteiger charge is 2.32. The van der Waals surface area contributed by atoms with Gasteiger partial charge in [-0.15, -0.1) is 0 Å². The quantitative estimate of drug-likeness (QED) is 0.880. The number of rotatable bonds is 4. The van der Waals surface area contributed by atoms with Crippen molar-refractivity contribution in [2.45, 2.75) is 25.0 Å². The number of nitrogens with one attached hydrogen (secondary N) is 1. The number of aliphatic hydroxyl groups is 1. The molecule has 0 bridgehead atoms. The Morgan fingerprint density at radius 2 is 2.24 bits per heavy atom. The maximum Gasteiger partial charge on any atom is 0.281 e. The lowest BCUT2D eigenvalue weighted by molar-refractivity contribution is -0.122. The van der Waals surface area contributed by atoms with Gasteiger partial charge in [0.25, 0.3) is 5.24 Å². The normalized spacial score (nSPS) is 24.2. The van der Waals surface area contributed by atoms with Crippen LogP contribution in [0.25, 0.3) is 0 Å². The molecule has 3 rings (SSSR count). The molecule has 112 valence electrons. The molecule has 2 aliphatic rings. The third-order valence-electron chi connectivity index (χ3n) is 3.97. The monoisotopic (exact) mass is 306 g/mol. The Kier molecular flexibility index (Phi) is 4.17. The number of fused-ring (bicyclic) bond motifs is 1. The molecule has 21 heavy (non-hydrogen) atoms. The number of carbonyl (C=O) groups is 2. The third kappa shape index (κ3) is 3.06. The van der Waals surface area contributed by atoms with Gasteiger partial charge < -0.3 is 15.3 Å². The first-order chi connectivity index (χ1) is 10.1. The average Bonchev–Trinajstić information content (AvgIpc) is 3.01. The second-order valence-corrected chi connectivity index (χ2v) is 6.41. The zero-order valence-corrected chi connectivity index (χ0v) is 12.4. The Labute approximate surface area is 127 Å². The summed E-state index contributed by atoms with van der Waals surface area (Å²) >= 11 is 1.30. The van der Waals surface area contributed by atoms with Crippen LogP contribution in [0.2, 0.25) is 0 Å². The molecule has 1 saturated heterocycles. The van der Waals surface area contributed by atoms with Crippen molar-refractivity contribution < 1.29 is 14.7 Å². The molecule has 1 aromatic rings. The molecule has 1 heterocycles. The molecule has 1 aromatic carbocycles. The number of carbonyl (C=O) groups excluding carboxylic acids is 2. The smallest absolute Gasteiger partial charge is 0.281 e. The first-order valence-electron chi connectivity index (χ1n) is 7.12. The van der Waals surface area contributed by atoms with Gasteiger partial charge in [-0.05, 0) is 11.1 Å². The van der Waals surface area contributed by atoms with E-state index in [0.717, 1.165) is 16.9 Å². The van der Waals surface area contributed by atoms with E-state index in [1.165, 1.54) is 11.8 Å². The lowest BCUT2D eigenvalue weighted by Crippen LogP contribution is -2.36. The minimum Gasteiger partial charge on any atom is -0.390 e.